The molecule has 0 unspecified atom stereocenters. The van der Waals surface area contributed by atoms with Crippen LogP contribution in [-0.2, 0) is 9.59 Å². The van der Waals surface area contributed by atoms with Crippen molar-refractivity contribution in [2.24, 2.45) is 28.6 Å². The number of allylic oxidation sites excluding steroid dienone is 1. The number of carbonyl (C=O) groups is 2. The molecule has 4 aliphatic rings. The van der Waals surface area contributed by atoms with Crippen molar-refractivity contribution < 1.29 is 27.7 Å². The van der Waals surface area contributed by atoms with Gasteiger partial charge in [-0.15, -0.1) is 0 Å². The van der Waals surface area contributed by atoms with Crippen LogP contribution in [0.25, 0.3) is 0 Å². The molecule has 4 rings (SSSR count). The van der Waals surface area contributed by atoms with Crippen molar-refractivity contribution in [1.29, 1.82) is 0 Å². The van der Waals surface area contributed by atoms with Crippen LogP contribution in [0.3, 0.4) is 0 Å². The van der Waals surface area contributed by atoms with Crippen LogP contribution in [0, 0.1) is 28.6 Å². The molecule has 0 aromatic heterocycles. The summed E-state index contributed by atoms with van der Waals surface area (Å²) in [6.07, 6.45) is 1.08. The van der Waals surface area contributed by atoms with Crippen LogP contribution < -0.4 is 0 Å². The third-order valence-corrected chi connectivity index (χ3v) is 8.25. The van der Waals surface area contributed by atoms with Crippen LogP contribution >= 0.6 is 0 Å². The maximum atomic E-state index is 12.4. The van der Waals surface area contributed by atoms with E-state index in [-0.39, 0.29) is 36.4 Å². The van der Waals surface area contributed by atoms with E-state index in [4.69, 9.17) is 2.74 Å². The molecule has 0 spiro atoms. The molecule has 0 bridgehead atoms. The third kappa shape index (κ3) is 2.14. The Morgan fingerprint density at radius 3 is 2.81 bits per heavy atom. The number of hydrogen-bond donors (Lipinski definition) is 3. The van der Waals surface area contributed by atoms with Crippen LogP contribution in [0.4, 0.5) is 0 Å². The number of carbonyl (C=O) groups excluding carboxylic acids is 2. The standard InChI is InChI=1S/C21H30O5/c1-19-7-5-13(23)9-12(19)3-4-14-15-6-8-21(26,17(25)11-22)20(15,2)10-16(24)18(14)19/h9,14-16,18,22,24,26H,3-8,10-11H2,1-2H3/t14-,15-,16-,18+,19-,20-,21-/m0/s1/i5D,7D/t5-,7+,14+,15+,16+,18-,19+,20+,21+/m1. The van der Waals surface area contributed by atoms with E-state index in [1.54, 1.807) is 0 Å². The SMILES string of the molecule is [2H][C@H]1C(=O)C=C2CC[C@@H]3[C@H]([C@@H](O)C[C@@]4(C)[C@H]3CC[C@]4(O)C(=O)CO)[C@@]2(C)[C@H]1[2H]. The Bertz CT molecular complexity index is 753. The maximum absolute atomic E-state index is 12.4. The van der Waals surface area contributed by atoms with Crippen LogP contribution in [0.2, 0.25) is 0 Å². The Labute approximate surface area is 157 Å². The van der Waals surface area contributed by atoms with Gasteiger partial charge in [-0.2, -0.15) is 0 Å². The topological polar surface area (TPSA) is 94.8 Å². The number of hydrogen-bond acceptors (Lipinski definition) is 5. The molecule has 4 aliphatic carbocycles. The highest BCUT2D eigenvalue weighted by Gasteiger charge is 2.68. The molecule has 26 heavy (non-hydrogen) atoms. The predicted octanol–water partition coefficient (Wildman–Crippen LogP) is 1.78. The van der Waals surface area contributed by atoms with E-state index in [1.165, 1.54) is 6.08 Å². The molecule has 3 fully saturated rings. The van der Waals surface area contributed by atoms with Gasteiger partial charge in [0.15, 0.2) is 11.6 Å². The number of ketones is 2. The maximum Gasteiger partial charge on any atom is 0.190 e. The summed E-state index contributed by atoms with van der Waals surface area (Å²) < 4.78 is 16.8. The molecule has 0 aromatic rings. The lowest BCUT2D eigenvalue weighted by Gasteiger charge is -2.60. The van der Waals surface area contributed by atoms with Crippen LogP contribution in [-0.4, -0.2) is 45.2 Å². The normalized spacial score (nSPS) is 57.3. The summed E-state index contributed by atoms with van der Waals surface area (Å²) in [4.78, 5) is 24.5. The summed E-state index contributed by atoms with van der Waals surface area (Å²) in [5.74, 6) is -1.19. The first-order chi connectivity index (χ1) is 13.0. The van der Waals surface area contributed by atoms with Gasteiger partial charge in [0.2, 0.25) is 0 Å². The van der Waals surface area contributed by atoms with E-state index in [2.05, 4.69) is 0 Å². The first kappa shape index (κ1) is 16.0. The number of rotatable bonds is 2. The molecular weight excluding hydrogens is 332 g/mol. The summed E-state index contributed by atoms with van der Waals surface area (Å²) in [6.45, 7) is 3.04. The van der Waals surface area contributed by atoms with Gasteiger partial charge in [0.25, 0.3) is 0 Å². The highest BCUT2D eigenvalue weighted by molar-refractivity contribution is 5.91. The predicted molar refractivity (Wildman–Crippen MR) is 95.1 cm³/mol. The summed E-state index contributed by atoms with van der Waals surface area (Å²) in [6, 6.07) is 0. The van der Waals surface area contributed by atoms with Gasteiger partial charge in [-0.1, -0.05) is 19.4 Å². The van der Waals surface area contributed by atoms with Crippen molar-refractivity contribution >= 4 is 11.6 Å². The van der Waals surface area contributed by atoms with E-state index >= 15 is 0 Å². The lowest BCUT2D eigenvalue weighted by Crippen LogP contribution is -2.62. The number of Topliss-reactive ketones (excluding diaryl/α,β-unsaturated/α-hetero) is 1. The smallest absolute Gasteiger partial charge is 0.190 e. The zero-order chi connectivity index (χ0) is 20.6. The zero-order valence-corrected chi connectivity index (χ0v) is 15.4. The van der Waals surface area contributed by atoms with Crippen molar-refractivity contribution in [2.75, 3.05) is 6.61 Å². The number of aliphatic hydroxyl groups excluding tert-OH is 2. The molecule has 3 N–H and O–H groups in total. The fourth-order valence-corrected chi connectivity index (χ4v) is 6.92. The quantitative estimate of drug-likeness (QED) is 0.694. The van der Waals surface area contributed by atoms with Crippen molar-refractivity contribution in [3.8, 4) is 0 Å². The second-order valence-corrected chi connectivity index (χ2v) is 9.19. The van der Waals surface area contributed by atoms with Gasteiger partial charge < -0.3 is 15.3 Å². The molecule has 0 heterocycles. The molecule has 0 aliphatic heterocycles. The molecule has 0 radical (unpaired) electrons. The van der Waals surface area contributed by atoms with E-state index in [9.17, 15) is 24.9 Å². The summed E-state index contributed by atoms with van der Waals surface area (Å²) in [7, 11) is 0. The van der Waals surface area contributed by atoms with Gasteiger partial charge in [-0.05, 0) is 67.7 Å². The first-order valence-electron chi connectivity index (χ1n) is 10.8. The molecular formula is C21H30O5. The second-order valence-electron chi connectivity index (χ2n) is 9.19. The molecule has 0 amide bonds. The van der Waals surface area contributed by atoms with E-state index in [1.807, 2.05) is 13.8 Å². The molecule has 5 heteroatoms. The Morgan fingerprint density at radius 1 is 1.38 bits per heavy atom. The van der Waals surface area contributed by atoms with Crippen LogP contribution in [0.15, 0.2) is 11.6 Å². The minimum atomic E-state index is -1.64. The van der Waals surface area contributed by atoms with Crippen molar-refractivity contribution in [3.05, 3.63) is 11.6 Å². The lowest BCUT2D eigenvalue weighted by molar-refractivity contribution is -0.182. The van der Waals surface area contributed by atoms with Crippen molar-refractivity contribution in [1.82, 2.24) is 0 Å². The Kier molecular flexibility index (Phi) is 3.52. The molecule has 0 saturated heterocycles. The van der Waals surface area contributed by atoms with Crippen molar-refractivity contribution in [2.45, 2.75) is 70.5 Å². The average molecular weight is 364 g/mol. The highest BCUT2D eigenvalue weighted by Crippen LogP contribution is 2.67. The van der Waals surface area contributed by atoms with Crippen molar-refractivity contribution in [3.63, 3.8) is 0 Å². The fraction of sp³-hybridized carbons (Fsp3) is 0.810. The first-order valence-corrected chi connectivity index (χ1v) is 9.66. The van der Waals surface area contributed by atoms with Gasteiger partial charge in [0, 0.05) is 14.6 Å². The van der Waals surface area contributed by atoms with Crippen LogP contribution in [0.5, 0.6) is 0 Å². The number of fused-ring (bicyclic) bond motifs is 5. The average Bonchev–Trinajstić information content (AvgIpc) is 2.92. The molecule has 5 nitrogen and oxygen atoms in total. The molecule has 3 saturated carbocycles. The van der Waals surface area contributed by atoms with E-state index < -0.39 is 47.7 Å². The molecule has 0 aromatic carbocycles. The Hall–Kier alpha value is -1.04. The van der Waals surface area contributed by atoms with Gasteiger partial charge in [0.1, 0.15) is 12.2 Å². The summed E-state index contributed by atoms with van der Waals surface area (Å²) in [5, 5.41) is 31.8. The molecule has 144 valence electrons. The van der Waals surface area contributed by atoms with E-state index in [0.29, 0.717) is 12.8 Å². The monoisotopic (exact) mass is 364 g/mol. The largest absolute Gasteiger partial charge is 0.393 e. The zero-order valence-electron chi connectivity index (χ0n) is 17.4. The minimum Gasteiger partial charge on any atom is -0.393 e. The summed E-state index contributed by atoms with van der Waals surface area (Å²) in [5.41, 5.74) is -2.36. The Morgan fingerprint density at radius 2 is 2.12 bits per heavy atom. The van der Waals surface area contributed by atoms with Gasteiger partial charge in [0.05, 0.1) is 6.10 Å². The summed E-state index contributed by atoms with van der Waals surface area (Å²) >= 11 is 0. The third-order valence-electron chi connectivity index (χ3n) is 8.25. The fourth-order valence-electron chi connectivity index (χ4n) is 6.92. The van der Waals surface area contributed by atoms with E-state index in [0.717, 1.165) is 12.0 Å². The minimum absolute atomic E-state index is 0.00432. The highest BCUT2D eigenvalue weighted by atomic mass is 16.3. The second kappa shape index (κ2) is 5.73. The van der Waals surface area contributed by atoms with Crippen LogP contribution in [0.1, 0.15) is 61.5 Å². The molecule has 9 atom stereocenters. The lowest BCUT2D eigenvalue weighted by atomic mass is 9.45. The number of aliphatic hydroxyl groups is 3. The Balaban J connectivity index is 1.77. The van der Waals surface area contributed by atoms with Gasteiger partial charge in [-0.25, -0.2) is 0 Å². The van der Waals surface area contributed by atoms with Gasteiger partial charge in [-0.3, -0.25) is 9.59 Å². The van der Waals surface area contributed by atoms with Gasteiger partial charge >= 0.3 is 0 Å².